The van der Waals surface area contributed by atoms with Gasteiger partial charge >= 0.3 is 6.36 Å². The lowest BCUT2D eigenvalue weighted by molar-refractivity contribution is -0.274. The van der Waals surface area contributed by atoms with Crippen LogP contribution in [0.2, 0.25) is 0 Å². The summed E-state index contributed by atoms with van der Waals surface area (Å²) >= 11 is 0. The fraction of sp³-hybridized carbons (Fsp3) is 0.476. The van der Waals surface area contributed by atoms with E-state index in [2.05, 4.69) is 19.9 Å². The predicted octanol–water partition coefficient (Wildman–Crippen LogP) is 3.43. The molecule has 1 aromatic carbocycles. The van der Waals surface area contributed by atoms with Gasteiger partial charge in [-0.1, -0.05) is 19.1 Å². The molecule has 2 fully saturated rings. The third-order valence-electron chi connectivity index (χ3n) is 6.02. The fourth-order valence-corrected chi connectivity index (χ4v) is 4.29. The van der Waals surface area contributed by atoms with Gasteiger partial charge in [-0.05, 0) is 36.6 Å². The molecule has 2 N–H and O–H groups in total. The second-order valence-electron chi connectivity index (χ2n) is 8.07. The van der Waals surface area contributed by atoms with Crippen LogP contribution < -0.4 is 15.0 Å². The zero-order valence-corrected chi connectivity index (χ0v) is 16.2. The Morgan fingerprint density at radius 3 is 2.28 bits per heavy atom. The van der Waals surface area contributed by atoms with Gasteiger partial charge in [0, 0.05) is 43.4 Å². The lowest BCUT2D eigenvalue weighted by Crippen LogP contribution is -2.63. The number of anilines is 1. The van der Waals surface area contributed by atoms with Crippen LogP contribution in [0.5, 0.6) is 5.75 Å². The molecule has 1 atom stereocenters. The molecule has 0 bridgehead atoms. The van der Waals surface area contributed by atoms with E-state index in [1.807, 2.05) is 13.0 Å². The van der Waals surface area contributed by atoms with Gasteiger partial charge in [-0.25, -0.2) is 0 Å². The monoisotopic (exact) mass is 407 g/mol. The average Bonchev–Trinajstić information content (AvgIpc) is 3.20. The van der Waals surface area contributed by atoms with Crippen LogP contribution in [-0.2, 0) is 5.60 Å². The van der Waals surface area contributed by atoms with E-state index >= 15 is 0 Å². The van der Waals surface area contributed by atoms with Crippen molar-refractivity contribution in [3.8, 4) is 5.75 Å². The highest BCUT2D eigenvalue weighted by atomic mass is 19.4. The Morgan fingerprint density at radius 2 is 1.72 bits per heavy atom. The van der Waals surface area contributed by atoms with Gasteiger partial charge in [0.15, 0.2) is 0 Å². The summed E-state index contributed by atoms with van der Waals surface area (Å²) in [6.07, 6.45) is 0.920. The largest absolute Gasteiger partial charge is 0.573 e. The van der Waals surface area contributed by atoms with Crippen molar-refractivity contribution >= 4 is 5.69 Å². The maximum Gasteiger partial charge on any atom is 0.573 e. The summed E-state index contributed by atoms with van der Waals surface area (Å²) in [6, 6.07) is 7.41. The zero-order chi connectivity index (χ0) is 20.7. The maximum absolute atomic E-state index is 12.5. The van der Waals surface area contributed by atoms with E-state index in [9.17, 15) is 18.3 Å². The van der Waals surface area contributed by atoms with Crippen molar-refractivity contribution in [3.05, 3.63) is 53.9 Å². The number of pyridine rings is 1. The van der Waals surface area contributed by atoms with Gasteiger partial charge in [0.25, 0.3) is 0 Å². The summed E-state index contributed by atoms with van der Waals surface area (Å²) in [5.41, 5.74) is 0.167. The molecule has 2 saturated heterocycles. The summed E-state index contributed by atoms with van der Waals surface area (Å²) in [5.74, 6) is -0.315. The third kappa shape index (κ3) is 3.67. The highest BCUT2D eigenvalue weighted by Gasteiger charge is 2.53. The zero-order valence-electron chi connectivity index (χ0n) is 16.2. The Balaban J connectivity index is 1.73. The molecule has 0 radical (unpaired) electrons. The topological polar surface area (TPSA) is 57.6 Å². The summed E-state index contributed by atoms with van der Waals surface area (Å²) in [4.78, 5) is 6.60. The Bertz CT molecular complexity index is 862. The first-order valence-corrected chi connectivity index (χ1v) is 9.71. The van der Waals surface area contributed by atoms with Crippen LogP contribution in [-0.4, -0.2) is 42.6 Å². The van der Waals surface area contributed by atoms with Crippen LogP contribution in [0, 0.1) is 5.41 Å². The maximum atomic E-state index is 12.5. The second kappa shape index (κ2) is 7.18. The van der Waals surface area contributed by atoms with E-state index in [0.29, 0.717) is 24.2 Å². The number of halogens is 3. The normalized spacial score (nSPS) is 20.8. The fourth-order valence-electron chi connectivity index (χ4n) is 4.29. The number of ether oxygens (including phenoxy) is 1. The van der Waals surface area contributed by atoms with Gasteiger partial charge in [0.2, 0.25) is 0 Å². The Labute approximate surface area is 167 Å². The number of rotatable bonds is 5. The molecule has 2 aromatic rings. The first kappa shape index (κ1) is 20.0. The molecule has 8 heteroatoms. The van der Waals surface area contributed by atoms with E-state index in [1.165, 1.54) is 24.3 Å². The van der Waals surface area contributed by atoms with Crippen LogP contribution in [0.4, 0.5) is 18.9 Å². The van der Waals surface area contributed by atoms with Crippen LogP contribution in [0.25, 0.3) is 0 Å². The van der Waals surface area contributed by atoms with E-state index < -0.39 is 17.4 Å². The highest BCUT2D eigenvalue weighted by molar-refractivity contribution is 5.51. The van der Waals surface area contributed by atoms with Gasteiger partial charge in [0.05, 0.1) is 11.9 Å². The summed E-state index contributed by atoms with van der Waals surface area (Å²) in [5, 5.41) is 15.2. The van der Waals surface area contributed by atoms with Gasteiger partial charge in [-0.15, -0.1) is 13.2 Å². The molecule has 1 aromatic heterocycles. The van der Waals surface area contributed by atoms with E-state index in [0.717, 1.165) is 31.6 Å². The quantitative estimate of drug-likeness (QED) is 0.796. The number of hydrogen-bond acceptors (Lipinski definition) is 5. The number of nitrogens with one attached hydrogen (secondary N) is 1. The number of alkyl halides is 3. The molecule has 2 aliphatic rings. The predicted molar refractivity (Wildman–Crippen MR) is 103 cm³/mol. The van der Waals surface area contributed by atoms with Crippen molar-refractivity contribution in [2.75, 3.05) is 31.1 Å². The SMILES string of the molecule is CC1(C(O)(c2ccc(OC(F)(F)F)cc2)c2cncc(N3CCCC3)c2)CNC1. The molecule has 3 heterocycles. The molecule has 2 aliphatic heterocycles. The van der Waals surface area contributed by atoms with Gasteiger partial charge in [-0.3, -0.25) is 4.98 Å². The second-order valence-corrected chi connectivity index (χ2v) is 8.07. The number of aromatic nitrogens is 1. The smallest absolute Gasteiger partial charge is 0.406 e. The molecule has 1 unspecified atom stereocenters. The van der Waals surface area contributed by atoms with Crippen molar-refractivity contribution in [1.29, 1.82) is 0 Å². The van der Waals surface area contributed by atoms with Crippen LogP contribution in [0.15, 0.2) is 42.7 Å². The van der Waals surface area contributed by atoms with Crippen LogP contribution >= 0.6 is 0 Å². The van der Waals surface area contributed by atoms with Crippen molar-refractivity contribution in [2.45, 2.75) is 31.7 Å². The number of nitrogens with zero attached hydrogens (tertiary/aromatic N) is 2. The van der Waals surface area contributed by atoms with E-state index in [-0.39, 0.29) is 5.75 Å². The molecule has 0 saturated carbocycles. The first-order chi connectivity index (χ1) is 13.7. The van der Waals surface area contributed by atoms with Crippen molar-refractivity contribution in [1.82, 2.24) is 10.3 Å². The van der Waals surface area contributed by atoms with Gasteiger partial charge in [-0.2, -0.15) is 0 Å². The van der Waals surface area contributed by atoms with Crippen LogP contribution in [0.1, 0.15) is 30.9 Å². The molecular weight excluding hydrogens is 383 g/mol. The van der Waals surface area contributed by atoms with Gasteiger partial charge < -0.3 is 20.1 Å². The van der Waals surface area contributed by atoms with Crippen molar-refractivity contribution in [2.24, 2.45) is 5.41 Å². The first-order valence-electron chi connectivity index (χ1n) is 9.71. The minimum atomic E-state index is -4.75. The molecule has 156 valence electrons. The van der Waals surface area contributed by atoms with E-state index in [1.54, 1.807) is 12.4 Å². The van der Waals surface area contributed by atoms with Crippen LogP contribution in [0.3, 0.4) is 0 Å². The third-order valence-corrected chi connectivity index (χ3v) is 6.02. The van der Waals surface area contributed by atoms with Gasteiger partial charge in [0.1, 0.15) is 11.4 Å². The lowest BCUT2D eigenvalue weighted by Gasteiger charge is -2.52. The average molecular weight is 407 g/mol. The number of benzene rings is 1. The van der Waals surface area contributed by atoms with Crippen molar-refractivity contribution in [3.63, 3.8) is 0 Å². The highest BCUT2D eigenvalue weighted by Crippen LogP contribution is 2.48. The molecule has 29 heavy (non-hydrogen) atoms. The summed E-state index contributed by atoms with van der Waals surface area (Å²) in [6.45, 7) is 5.03. The summed E-state index contributed by atoms with van der Waals surface area (Å²) in [7, 11) is 0. The molecule has 0 spiro atoms. The molecule has 0 amide bonds. The number of aliphatic hydroxyl groups is 1. The van der Waals surface area contributed by atoms with E-state index in [4.69, 9.17) is 0 Å². The minimum Gasteiger partial charge on any atom is -0.406 e. The van der Waals surface area contributed by atoms with Crippen molar-refractivity contribution < 1.29 is 23.0 Å². The lowest BCUT2D eigenvalue weighted by atomic mass is 9.63. The Kier molecular flexibility index (Phi) is 4.94. The minimum absolute atomic E-state index is 0.315. The Hall–Kier alpha value is -2.32. The molecule has 5 nitrogen and oxygen atoms in total. The molecule has 0 aliphatic carbocycles. The summed E-state index contributed by atoms with van der Waals surface area (Å²) < 4.78 is 41.5. The standard InChI is InChI=1S/C21H24F3N3O2/c1-19(13-26-14-19)20(28,15-4-6-18(7-5-15)29-21(22,23)24)16-10-17(12-25-11-16)27-8-2-3-9-27/h4-7,10-12,26,28H,2-3,8-9,13-14H2,1H3. The number of hydrogen-bond donors (Lipinski definition) is 2. The molecular formula is C21H24F3N3O2. The Morgan fingerprint density at radius 1 is 1.07 bits per heavy atom. The molecule has 4 rings (SSSR count).